The zero-order valence-corrected chi connectivity index (χ0v) is 10.5. The van der Waals surface area contributed by atoms with Crippen LogP contribution in [0.2, 0.25) is 0 Å². The molecule has 16 heavy (non-hydrogen) atoms. The molecule has 1 saturated heterocycles. The first-order valence-electron chi connectivity index (χ1n) is 6.23. The molecule has 0 radical (unpaired) electrons. The van der Waals surface area contributed by atoms with Crippen LogP contribution in [0.5, 0.6) is 0 Å². The van der Waals surface area contributed by atoms with E-state index in [4.69, 9.17) is 4.74 Å². The summed E-state index contributed by atoms with van der Waals surface area (Å²) in [5.74, 6) is 0.171. The number of hydrogen-bond acceptors (Lipinski definition) is 3. The SMILES string of the molecule is CCCCNC(=O)C1(COC)CCNCC1. The molecule has 4 heteroatoms. The van der Waals surface area contributed by atoms with Crippen LogP contribution < -0.4 is 10.6 Å². The number of carbonyl (C=O) groups is 1. The highest BCUT2D eigenvalue weighted by molar-refractivity contribution is 5.82. The van der Waals surface area contributed by atoms with E-state index in [1.54, 1.807) is 7.11 Å². The minimum absolute atomic E-state index is 0.171. The van der Waals surface area contributed by atoms with Crippen LogP contribution in [0, 0.1) is 5.41 Å². The monoisotopic (exact) mass is 228 g/mol. The number of piperidine rings is 1. The molecule has 1 aliphatic rings. The standard InChI is InChI=1S/C12H24N2O2/c1-3-4-7-14-11(15)12(10-16-2)5-8-13-9-6-12/h13H,3-10H2,1-2H3,(H,14,15). The summed E-state index contributed by atoms with van der Waals surface area (Å²) < 4.78 is 5.22. The van der Waals surface area contributed by atoms with Crippen molar-refractivity contribution in [2.45, 2.75) is 32.6 Å². The first-order valence-corrected chi connectivity index (χ1v) is 6.23. The fraction of sp³-hybridized carbons (Fsp3) is 0.917. The molecule has 1 heterocycles. The molecule has 0 aromatic heterocycles. The number of methoxy groups -OCH3 is 1. The second kappa shape index (κ2) is 6.86. The number of unbranched alkanes of at least 4 members (excludes halogenated alkanes) is 1. The predicted molar refractivity (Wildman–Crippen MR) is 64.3 cm³/mol. The molecule has 0 bridgehead atoms. The highest BCUT2D eigenvalue weighted by Gasteiger charge is 2.39. The van der Waals surface area contributed by atoms with Crippen molar-refractivity contribution in [2.75, 3.05) is 33.4 Å². The molecule has 0 aromatic rings. The summed E-state index contributed by atoms with van der Waals surface area (Å²) in [5.41, 5.74) is -0.298. The molecule has 0 aliphatic carbocycles. The fourth-order valence-electron chi connectivity index (χ4n) is 2.18. The summed E-state index contributed by atoms with van der Waals surface area (Å²) in [7, 11) is 1.67. The smallest absolute Gasteiger partial charge is 0.228 e. The van der Waals surface area contributed by atoms with Gasteiger partial charge in [-0.15, -0.1) is 0 Å². The average molecular weight is 228 g/mol. The average Bonchev–Trinajstić information content (AvgIpc) is 2.31. The first kappa shape index (κ1) is 13.5. The van der Waals surface area contributed by atoms with Crippen molar-refractivity contribution < 1.29 is 9.53 Å². The zero-order chi connectivity index (χ0) is 11.9. The van der Waals surface area contributed by atoms with Gasteiger partial charge >= 0.3 is 0 Å². The largest absolute Gasteiger partial charge is 0.384 e. The number of carbonyl (C=O) groups excluding carboxylic acids is 1. The Balaban J connectivity index is 2.50. The maximum absolute atomic E-state index is 12.2. The van der Waals surface area contributed by atoms with Crippen molar-refractivity contribution in [1.29, 1.82) is 0 Å². The normalized spacial score (nSPS) is 19.4. The first-order chi connectivity index (χ1) is 7.75. The molecule has 0 spiro atoms. The Morgan fingerprint density at radius 2 is 2.12 bits per heavy atom. The van der Waals surface area contributed by atoms with Crippen LogP contribution in [0.25, 0.3) is 0 Å². The Morgan fingerprint density at radius 1 is 1.44 bits per heavy atom. The Kier molecular flexibility index (Phi) is 5.77. The molecule has 1 aliphatic heterocycles. The van der Waals surface area contributed by atoms with Gasteiger partial charge in [0.15, 0.2) is 0 Å². The van der Waals surface area contributed by atoms with Crippen molar-refractivity contribution >= 4 is 5.91 Å². The van der Waals surface area contributed by atoms with Gasteiger partial charge < -0.3 is 15.4 Å². The van der Waals surface area contributed by atoms with Crippen LogP contribution in [-0.2, 0) is 9.53 Å². The zero-order valence-electron chi connectivity index (χ0n) is 10.5. The molecule has 0 aromatic carbocycles. The van der Waals surface area contributed by atoms with Gasteiger partial charge in [0.05, 0.1) is 12.0 Å². The third-order valence-electron chi connectivity index (χ3n) is 3.28. The lowest BCUT2D eigenvalue weighted by atomic mass is 9.78. The Morgan fingerprint density at radius 3 is 2.69 bits per heavy atom. The van der Waals surface area contributed by atoms with Gasteiger partial charge in [0.1, 0.15) is 0 Å². The topological polar surface area (TPSA) is 50.4 Å². The van der Waals surface area contributed by atoms with Gasteiger partial charge in [-0.05, 0) is 32.4 Å². The van der Waals surface area contributed by atoms with Crippen molar-refractivity contribution in [3.63, 3.8) is 0 Å². The summed E-state index contributed by atoms with van der Waals surface area (Å²) in [6.07, 6.45) is 3.91. The van der Waals surface area contributed by atoms with E-state index < -0.39 is 0 Å². The van der Waals surface area contributed by atoms with Gasteiger partial charge in [-0.3, -0.25) is 4.79 Å². The van der Waals surface area contributed by atoms with Gasteiger partial charge in [-0.2, -0.15) is 0 Å². The van der Waals surface area contributed by atoms with Crippen LogP contribution in [-0.4, -0.2) is 39.3 Å². The van der Waals surface area contributed by atoms with Crippen LogP contribution in [0.4, 0.5) is 0 Å². The molecule has 2 N–H and O–H groups in total. The lowest BCUT2D eigenvalue weighted by Crippen LogP contribution is -2.50. The second-order valence-electron chi connectivity index (χ2n) is 4.57. The van der Waals surface area contributed by atoms with Crippen molar-refractivity contribution in [3.8, 4) is 0 Å². The van der Waals surface area contributed by atoms with Crippen molar-refractivity contribution in [1.82, 2.24) is 10.6 Å². The van der Waals surface area contributed by atoms with E-state index in [1.165, 1.54) is 0 Å². The van der Waals surface area contributed by atoms with Gasteiger partial charge in [-0.1, -0.05) is 13.3 Å². The number of amides is 1. The fourth-order valence-corrected chi connectivity index (χ4v) is 2.18. The molecule has 1 amide bonds. The summed E-state index contributed by atoms with van der Waals surface area (Å²) >= 11 is 0. The predicted octanol–water partition coefficient (Wildman–Crippen LogP) is 0.919. The lowest BCUT2D eigenvalue weighted by molar-refractivity contribution is -0.136. The quantitative estimate of drug-likeness (QED) is 0.665. The third kappa shape index (κ3) is 3.46. The Hall–Kier alpha value is -0.610. The molecule has 1 fully saturated rings. The summed E-state index contributed by atoms with van der Waals surface area (Å²) in [5, 5.41) is 6.32. The molecular formula is C12H24N2O2. The highest BCUT2D eigenvalue weighted by atomic mass is 16.5. The van der Waals surface area contributed by atoms with Crippen LogP contribution in [0.15, 0.2) is 0 Å². The van der Waals surface area contributed by atoms with Gasteiger partial charge in [0.25, 0.3) is 0 Å². The highest BCUT2D eigenvalue weighted by Crippen LogP contribution is 2.29. The molecular weight excluding hydrogens is 204 g/mol. The van der Waals surface area contributed by atoms with E-state index in [9.17, 15) is 4.79 Å². The van der Waals surface area contributed by atoms with E-state index in [-0.39, 0.29) is 11.3 Å². The van der Waals surface area contributed by atoms with E-state index in [1.807, 2.05) is 0 Å². The molecule has 0 saturated carbocycles. The summed E-state index contributed by atoms with van der Waals surface area (Å²) in [6.45, 7) is 5.26. The van der Waals surface area contributed by atoms with Gasteiger partial charge in [0.2, 0.25) is 5.91 Å². The van der Waals surface area contributed by atoms with Crippen molar-refractivity contribution in [2.24, 2.45) is 5.41 Å². The van der Waals surface area contributed by atoms with Gasteiger partial charge in [-0.25, -0.2) is 0 Å². The van der Waals surface area contributed by atoms with Crippen LogP contribution in [0.3, 0.4) is 0 Å². The van der Waals surface area contributed by atoms with E-state index in [0.717, 1.165) is 45.3 Å². The molecule has 0 unspecified atom stereocenters. The van der Waals surface area contributed by atoms with Gasteiger partial charge in [0, 0.05) is 13.7 Å². The minimum atomic E-state index is -0.298. The molecule has 4 nitrogen and oxygen atoms in total. The summed E-state index contributed by atoms with van der Waals surface area (Å²) in [4.78, 5) is 12.2. The van der Waals surface area contributed by atoms with Crippen LogP contribution >= 0.6 is 0 Å². The van der Waals surface area contributed by atoms with E-state index in [2.05, 4.69) is 17.6 Å². The molecule has 94 valence electrons. The van der Waals surface area contributed by atoms with E-state index in [0.29, 0.717) is 6.61 Å². The number of ether oxygens (including phenoxy) is 1. The Labute approximate surface area is 98.1 Å². The maximum Gasteiger partial charge on any atom is 0.228 e. The third-order valence-corrected chi connectivity index (χ3v) is 3.28. The number of hydrogen-bond donors (Lipinski definition) is 2. The maximum atomic E-state index is 12.2. The van der Waals surface area contributed by atoms with Crippen LogP contribution in [0.1, 0.15) is 32.6 Å². The lowest BCUT2D eigenvalue weighted by Gasteiger charge is -2.35. The minimum Gasteiger partial charge on any atom is -0.384 e. The number of nitrogens with one attached hydrogen (secondary N) is 2. The second-order valence-corrected chi connectivity index (χ2v) is 4.57. The van der Waals surface area contributed by atoms with E-state index >= 15 is 0 Å². The Bertz CT molecular complexity index is 208. The molecule has 1 rings (SSSR count). The molecule has 0 atom stereocenters. The number of rotatable bonds is 6. The van der Waals surface area contributed by atoms with Crippen molar-refractivity contribution in [3.05, 3.63) is 0 Å². The summed E-state index contributed by atoms with van der Waals surface area (Å²) in [6, 6.07) is 0.